The monoisotopic (exact) mass is 288 g/mol. The minimum Gasteiger partial charge on any atom is -0.456 e. The van der Waals surface area contributed by atoms with Crippen LogP contribution in [0.15, 0.2) is 30.3 Å². The van der Waals surface area contributed by atoms with E-state index in [0.717, 1.165) is 5.56 Å². The molecule has 0 aliphatic rings. The maximum absolute atomic E-state index is 12.0. The Morgan fingerprint density at radius 3 is 2.62 bits per heavy atom. The molecule has 0 saturated carbocycles. The highest BCUT2D eigenvalue weighted by molar-refractivity contribution is 5.88. The summed E-state index contributed by atoms with van der Waals surface area (Å²) in [6.45, 7) is 3.37. The Hall–Kier alpha value is -2.70. The van der Waals surface area contributed by atoms with Crippen molar-refractivity contribution in [2.45, 2.75) is 26.5 Å². The third-order valence-corrected chi connectivity index (χ3v) is 3.11. The van der Waals surface area contributed by atoms with Crippen molar-refractivity contribution in [1.29, 1.82) is 0 Å². The Morgan fingerprint density at radius 2 is 2.00 bits per heavy atom. The van der Waals surface area contributed by atoms with Crippen LogP contribution in [0.5, 0.6) is 0 Å². The summed E-state index contributed by atoms with van der Waals surface area (Å²) in [6.07, 6.45) is 0. The van der Waals surface area contributed by atoms with Crippen molar-refractivity contribution in [3.05, 3.63) is 47.3 Å². The number of nitrogens with zero attached hydrogens (tertiary/aromatic N) is 3. The predicted molar refractivity (Wildman–Crippen MR) is 74.2 cm³/mol. The van der Waals surface area contributed by atoms with E-state index in [-0.39, 0.29) is 12.3 Å². The first-order valence-electron chi connectivity index (χ1n) is 6.43. The highest BCUT2D eigenvalue weighted by Gasteiger charge is 2.22. The zero-order valence-electron chi connectivity index (χ0n) is 11.8. The number of benzene rings is 1. The zero-order chi connectivity index (χ0) is 15.4. The van der Waals surface area contributed by atoms with Crippen LogP contribution >= 0.6 is 0 Å². The van der Waals surface area contributed by atoms with Crippen molar-refractivity contribution >= 4 is 11.9 Å². The van der Waals surface area contributed by atoms with Crippen LogP contribution < -0.4 is 5.73 Å². The van der Waals surface area contributed by atoms with E-state index in [1.807, 2.05) is 30.3 Å². The number of primary amides is 1. The second-order valence-electron chi connectivity index (χ2n) is 4.61. The van der Waals surface area contributed by atoms with Crippen LogP contribution in [-0.2, 0) is 16.1 Å². The van der Waals surface area contributed by atoms with Gasteiger partial charge in [0.25, 0.3) is 0 Å². The lowest BCUT2D eigenvalue weighted by Crippen LogP contribution is -2.25. The smallest absolute Gasteiger partial charge is 0.361 e. The lowest BCUT2D eigenvalue weighted by molar-refractivity contribution is -0.121. The Labute approximate surface area is 121 Å². The van der Waals surface area contributed by atoms with E-state index in [1.165, 1.54) is 4.68 Å². The third kappa shape index (κ3) is 3.25. The van der Waals surface area contributed by atoms with Crippen molar-refractivity contribution in [3.8, 4) is 0 Å². The fourth-order valence-electron chi connectivity index (χ4n) is 1.81. The molecule has 0 spiro atoms. The summed E-state index contributed by atoms with van der Waals surface area (Å²) < 4.78 is 6.48. The number of carbonyl (C=O) groups is 2. The number of amides is 1. The number of aromatic nitrogens is 3. The molecule has 7 nitrogen and oxygen atoms in total. The number of esters is 1. The molecule has 0 aliphatic carbocycles. The highest BCUT2D eigenvalue weighted by atomic mass is 16.5. The number of carbonyl (C=O) groups excluding carboxylic acids is 2. The Bertz CT molecular complexity index is 651. The third-order valence-electron chi connectivity index (χ3n) is 3.11. The van der Waals surface area contributed by atoms with Crippen LogP contribution in [0.3, 0.4) is 0 Å². The minimum atomic E-state index is -0.673. The van der Waals surface area contributed by atoms with Gasteiger partial charge in [-0.1, -0.05) is 35.5 Å². The van der Waals surface area contributed by atoms with Crippen molar-refractivity contribution in [2.75, 3.05) is 0 Å². The van der Waals surface area contributed by atoms with Crippen molar-refractivity contribution in [2.24, 2.45) is 5.73 Å². The average Bonchev–Trinajstić information content (AvgIpc) is 2.86. The van der Waals surface area contributed by atoms with Crippen LogP contribution in [0, 0.1) is 6.92 Å². The molecule has 0 bridgehead atoms. The Balaban J connectivity index is 2.08. The molecule has 1 aromatic carbocycles. The summed E-state index contributed by atoms with van der Waals surface area (Å²) in [5.74, 6) is -1.13. The van der Waals surface area contributed by atoms with Gasteiger partial charge in [0, 0.05) is 0 Å². The van der Waals surface area contributed by atoms with E-state index in [0.29, 0.717) is 5.69 Å². The molecule has 110 valence electrons. The van der Waals surface area contributed by atoms with E-state index in [1.54, 1.807) is 13.8 Å². The molecule has 0 radical (unpaired) electrons. The van der Waals surface area contributed by atoms with Gasteiger partial charge in [-0.25, -0.2) is 9.48 Å². The quantitative estimate of drug-likeness (QED) is 0.827. The molecule has 1 heterocycles. The van der Waals surface area contributed by atoms with Gasteiger partial charge in [-0.15, -0.1) is 5.10 Å². The van der Waals surface area contributed by atoms with Gasteiger partial charge < -0.3 is 10.5 Å². The van der Waals surface area contributed by atoms with E-state index < -0.39 is 17.9 Å². The molecule has 2 aromatic rings. The fraction of sp³-hybridized carbons (Fsp3) is 0.286. The fourth-order valence-corrected chi connectivity index (χ4v) is 1.81. The van der Waals surface area contributed by atoms with Gasteiger partial charge in [0.05, 0.1) is 5.69 Å². The molecule has 7 heteroatoms. The molecule has 1 unspecified atom stereocenters. The standard InChI is InChI=1S/C14H16N4O3/c1-9-12(16-17-18(9)10(2)13(15)19)14(20)21-8-11-6-4-3-5-7-11/h3-7,10H,8H2,1-2H3,(H2,15,19). The molecule has 1 atom stereocenters. The molecule has 2 rings (SSSR count). The summed E-state index contributed by atoms with van der Waals surface area (Å²) in [6, 6.07) is 8.64. The van der Waals surface area contributed by atoms with E-state index in [9.17, 15) is 9.59 Å². The van der Waals surface area contributed by atoms with Gasteiger partial charge in [-0.05, 0) is 19.4 Å². The van der Waals surface area contributed by atoms with Gasteiger partial charge in [-0.3, -0.25) is 4.79 Å². The topological polar surface area (TPSA) is 100 Å². The summed E-state index contributed by atoms with van der Waals surface area (Å²) in [4.78, 5) is 23.1. The van der Waals surface area contributed by atoms with Crippen LogP contribution in [0.4, 0.5) is 0 Å². The number of hydrogen-bond donors (Lipinski definition) is 1. The van der Waals surface area contributed by atoms with Gasteiger partial charge in [-0.2, -0.15) is 0 Å². The molecule has 1 amide bonds. The highest BCUT2D eigenvalue weighted by Crippen LogP contribution is 2.12. The van der Waals surface area contributed by atoms with Gasteiger partial charge in [0.1, 0.15) is 12.6 Å². The lowest BCUT2D eigenvalue weighted by atomic mass is 10.2. The van der Waals surface area contributed by atoms with Crippen LogP contribution in [0.2, 0.25) is 0 Å². The first-order chi connectivity index (χ1) is 10.0. The Morgan fingerprint density at radius 1 is 1.33 bits per heavy atom. The van der Waals surface area contributed by atoms with Crippen molar-refractivity contribution in [1.82, 2.24) is 15.0 Å². The van der Waals surface area contributed by atoms with Crippen LogP contribution in [-0.4, -0.2) is 26.9 Å². The first kappa shape index (κ1) is 14.7. The zero-order valence-corrected chi connectivity index (χ0v) is 11.8. The summed E-state index contributed by atoms with van der Waals surface area (Å²) in [7, 11) is 0. The maximum atomic E-state index is 12.0. The second-order valence-corrected chi connectivity index (χ2v) is 4.61. The summed E-state index contributed by atoms with van der Waals surface area (Å²) in [5.41, 5.74) is 6.62. The molecule has 2 N–H and O–H groups in total. The number of ether oxygens (including phenoxy) is 1. The molecule has 0 saturated heterocycles. The van der Waals surface area contributed by atoms with Gasteiger partial charge in [0.2, 0.25) is 5.91 Å². The first-order valence-corrected chi connectivity index (χ1v) is 6.43. The molecular formula is C14H16N4O3. The maximum Gasteiger partial charge on any atom is 0.361 e. The van der Waals surface area contributed by atoms with Crippen molar-refractivity contribution < 1.29 is 14.3 Å². The van der Waals surface area contributed by atoms with E-state index in [4.69, 9.17) is 10.5 Å². The van der Waals surface area contributed by atoms with Gasteiger partial charge in [0.15, 0.2) is 5.69 Å². The average molecular weight is 288 g/mol. The summed E-state index contributed by atoms with van der Waals surface area (Å²) >= 11 is 0. The lowest BCUT2D eigenvalue weighted by Gasteiger charge is -2.09. The molecule has 21 heavy (non-hydrogen) atoms. The van der Waals surface area contributed by atoms with Crippen molar-refractivity contribution in [3.63, 3.8) is 0 Å². The molecular weight excluding hydrogens is 272 g/mol. The minimum absolute atomic E-state index is 0.0824. The van der Waals surface area contributed by atoms with Crippen LogP contribution in [0.25, 0.3) is 0 Å². The number of rotatable bonds is 5. The number of hydrogen-bond acceptors (Lipinski definition) is 5. The van der Waals surface area contributed by atoms with E-state index >= 15 is 0 Å². The Kier molecular flexibility index (Phi) is 4.32. The second kappa shape index (κ2) is 6.17. The van der Waals surface area contributed by atoms with Gasteiger partial charge >= 0.3 is 5.97 Å². The number of nitrogens with two attached hydrogens (primary N) is 1. The van der Waals surface area contributed by atoms with Crippen LogP contribution in [0.1, 0.15) is 34.7 Å². The SMILES string of the molecule is Cc1c(C(=O)OCc2ccccc2)nnn1C(C)C(N)=O. The normalized spacial score (nSPS) is 11.9. The molecule has 0 fully saturated rings. The molecule has 1 aromatic heterocycles. The van der Waals surface area contributed by atoms with E-state index in [2.05, 4.69) is 10.3 Å². The largest absolute Gasteiger partial charge is 0.456 e. The molecule has 0 aliphatic heterocycles. The summed E-state index contributed by atoms with van der Waals surface area (Å²) in [5, 5.41) is 7.54. The predicted octanol–water partition coefficient (Wildman–Crippen LogP) is 0.990.